The zero-order valence-electron chi connectivity index (χ0n) is 10.8. The van der Waals surface area contributed by atoms with E-state index in [1.54, 1.807) is 0 Å². The molecule has 0 heterocycles. The smallest absolute Gasteiger partial charge is 0.0344 e. The number of aryl methyl sites for hydroxylation is 1. The van der Waals surface area contributed by atoms with Crippen molar-refractivity contribution in [2.45, 2.75) is 26.3 Å². The molecule has 0 aliphatic carbocycles. The van der Waals surface area contributed by atoms with Crippen molar-refractivity contribution in [3.63, 3.8) is 0 Å². The summed E-state index contributed by atoms with van der Waals surface area (Å²) in [4.78, 5) is 0. The molecule has 0 bridgehead atoms. The Morgan fingerprint density at radius 1 is 1.11 bits per heavy atom. The average molecular weight is 304 g/mol. The molecule has 0 saturated carbocycles. The molecule has 0 spiro atoms. The van der Waals surface area contributed by atoms with Gasteiger partial charge in [-0.2, -0.15) is 0 Å². The molecule has 2 rings (SSSR count). The van der Waals surface area contributed by atoms with Crippen LogP contribution in [0.25, 0.3) is 0 Å². The Morgan fingerprint density at radius 3 is 2.50 bits per heavy atom. The van der Waals surface area contributed by atoms with E-state index in [4.69, 9.17) is 0 Å². The van der Waals surface area contributed by atoms with Crippen LogP contribution in [0, 0.1) is 6.92 Å². The molecular weight excluding hydrogens is 286 g/mol. The maximum atomic E-state index is 3.53. The van der Waals surface area contributed by atoms with Gasteiger partial charge in [-0.3, -0.25) is 0 Å². The van der Waals surface area contributed by atoms with Gasteiger partial charge >= 0.3 is 0 Å². The van der Waals surface area contributed by atoms with Crippen LogP contribution in [0.1, 0.15) is 18.1 Å². The lowest BCUT2D eigenvalue weighted by molar-refractivity contribution is 0.790. The van der Waals surface area contributed by atoms with E-state index >= 15 is 0 Å². The first-order valence-corrected chi connectivity index (χ1v) is 7.00. The highest BCUT2D eigenvalue weighted by molar-refractivity contribution is 9.10. The summed E-state index contributed by atoms with van der Waals surface area (Å²) < 4.78 is 1.13. The fraction of sp³-hybridized carbons (Fsp3) is 0.250. The Kier molecular flexibility index (Phi) is 4.43. The predicted molar refractivity (Wildman–Crippen MR) is 82.1 cm³/mol. The van der Waals surface area contributed by atoms with Crippen molar-refractivity contribution in [2.75, 3.05) is 5.32 Å². The first kappa shape index (κ1) is 13.2. The number of nitrogens with one attached hydrogen (secondary N) is 1. The number of hydrogen-bond donors (Lipinski definition) is 1. The second-order valence-corrected chi connectivity index (χ2v) is 5.66. The Labute approximate surface area is 117 Å². The zero-order valence-corrected chi connectivity index (χ0v) is 12.4. The van der Waals surface area contributed by atoms with Crippen LogP contribution in [0.15, 0.2) is 53.0 Å². The first-order chi connectivity index (χ1) is 8.63. The summed E-state index contributed by atoms with van der Waals surface area (Å²) in [6.07, 6.45) is 1.03. The molecule has 1 N–H and O–H groups in total. The summed E-state index contributed by atoms with van der Waals surface area (Å²) in [5.41, 5.74) is 3.83. The Balaban J connectivity index is 1.96. The van der Waals surface area contributed by atoms with Crippen LogP contribution in [-0.2, 0) is 6.42 Å². The molecule has 2 aromatic rings. The lowest BCUT2D eigenvalue weighted by atomic mass is 10.1. The molecule has 18 heavy (non-hydrogen) atoms. The minimum Gasteiger partial charge on any atom is -0.382 e. The van der Waals surface area contributed by atoms with Crippen molar-refractivity contribution in [2.24, 2.45) is 0 Å². The van der Waals surface area contributed by atoms with Crippen LogP contribution in [0.5, 0.6) is 0 Å². The topological polar surface area (TPSA) is 12.0 Å². The largest absolute Gasteiger partial charge is 0.382 e. The van der Waals surface area contributed by atoms with Crippen molar-refractivity contribution < 1.29 is 0 Å². The molecule has 0 amide bonds. The minimum atomic E-state index is 0.424. The Morgan fingerprint density at radius 2 is 1.83 bits per heavy atom. The predicted octanol–water partition coefficient (Wildman–Crippen LogP) is 4.80. The van der Waals surface area contributed by atoms with Gasteiger partial charge in [-0.05, 0) is 55.7 Å². The lowest BCUT2D eigenvalue weighted by Crippen LogP contribution is -2.17. The molecule has 2 aromatic carbocycles. The minimum absolute atomic E-state index is 0.424. The number of halogens is 1. The average Bonchev–Trinajstić information content (AvgIpc) is 2.32. The quantitative estimate of drug-likeness (QED) is 0.855. The summed E-state index contributed by atoms with van der Waals surface area (Å²) in [6, 6.07) is 17.4. The highest BCUT2D eigenvalue weighted by atomic mass is 79.9. The molecule has 0 aromatic heterocycles. The van der Waals surface area contributed by atoms with Crippen molar-refractivity contribution in [3.8, 4) is 0 Å². The van der Waals surface area contributed by atoms with E-state index in [0.717, 1.165) is 10.9 Å². The molecule has 1 atom stereocenters. The maximum Gasteiger partial charge on any atom is 0.0344 e. The van der Waals surface area contributed by atoms with Crippen LogP contribution in [0.4, 0.5) is 5.69 Å². The highest BCUT2D eigenvalue weighted by Crippen LogP contribution is 2.15. The van der Waals surface area contributed by atoms with E-state index in [-0.39, 0.29) is 0 Å². The fourth-order valence-corrected chi connectivity index (χ4v) is 2.31. The number of benzene rings is 2. The van der Waals surface area contributed by atoms with Crippen molar-refractivity contribution in [1.29, 1.82) is 0 Å². The lowest BCUT2D eigenvalue weighted by Gasteiger charge is -2.15. The van der Waals surface area contributed by atoms with Gasteiger partial charge in [0.1, 0.15) is 0 Å². The third kappa shape index (κ3) is 3.88. The van der Waals surface area contributed by atoms with Gasteiger partial charge in [0.2, 0.25) is 0 Å². The van der Waals surface area contributed by atoms with Gasteiger partial charge < -0.3 is 5.32 Å². The third-order valence-electron chi connectivity index (χ3n) is 2.89. The molecule has 0 saturated heterocycles. The van der Waals surface area contributed by atoms with Crippen LogP contribution in [-0.4, -0.2) is 6.04 Å². The van der Waals surface area contributed by atoms with E-state index in [2.05, 4.69) is 83.6 Å². The van der Waals surface area contributed by atoms with E-state index < -0.39 is 0 Å². The van der Waals surface area contributed by atoms with Gasteiger partial charge in [0, 0.05) is 16.2 Å². The van der Waals surface area contributed by atoms with Gasteiger partial charge in [0.05, 0.1) is 0 Å². The Hall–Kier alpha value is -1.28. The molecule has 2 heteroatoms. The van der Waals surface area contributed by atoms with E-state index in [9.17, 15) is 0 Å². The standard InChI is InChI=1S/C16H18BrN/c1-12-4-3-5-16(10-12)18-13(2)11-14-6-8-15(17)9-7-14/h3-10,13,18H,11H2,1-2H3. The summed E-state index contributed by atoms with van der Waals surface area (Å²) in [5.74, 6) is 0. The zero-order chi connectivity index (χ0) is 13.0. The van der Waals surface area contributed by atoms with Gasteiger partial charge in [0.15, 0.2) is 0 Å². The van der Waals surface area contributed by atoms with Crippen molar-refractivity contribution in [1.82, 2.24) is 0 Å². The Bertz CT molecular complexity index is 505. The molecule has 0 aliphatic rings. The molecular formula is C16H18BrN. The summed E-state index contributed by atoms with van der Waals surface area (Å²) >= 11 is 3.46. The third-order valence-corrected chi connectivity index (χ3v) is 3.41. The number of anilines is 1. The summed E-state index contributed by atoms with van der Waals surface area (Å²) in [7, 11) is 0. The first-order valence-electron chi connectivity index (χ1n) is 6.21. The van der Waals surface area contributed by atoms with Gasteiger partial charge in [0.25, 0.3) is 0 Å². The fourth-order valence-electron chi connectivity index (χ4n) is 2.04. The van der Waals surface area contributed by atoms with Crippen LogP contribution >= 0.6 is 15.9 Å². The highest BCUT2D eigenvalue weighted by Gasteiger charge is 2.03. The van der Waals surface area contributed by atoms with Crippen molar-refractivity contribution >= 4 is 21.6 Å². The molecule has 1 nitrogen and oxygen atoms in total. The summed E-state index contributed by atoms with van der Waals surface area (Å²) in [6.45, 7) is 4.33. The normalized spacial score (nSPS) is 12.2. The molecule has 1 unspecified atom stereocenters. The van der Waals surface area contributed by atoms with Crippen LogP contribution in [0.2, 0.25) is 0 Å². The van der Waals surface area contributed by atoms with E-state index in [1.165, 1.54) is 16.8 Å². The maximum absolute atomic E-state index is 3.53. The molecule has 0 radical (unpaired) electrons. The molecule has 0 aliphatic heterocycles. The van der Waals surface area contributed by atoms with E-state index in [0.29, 0.717) is 6.04 Å². The molecule has 94 valence electrons. The second-order valence-electron chi connectivity index (χ2n) is 4.75. The number of rotatable bonds is 4. The van der Waals surface area contributed by atoms with Gasteiger partial charge in [-0.15, -0.1) is 0 Å². The van der Waals surface area contributed by atoms with Crippen LogP contribution < -0.4 is 5.32 Å². The van der Waals surface area contributed by atoms with Gasteiger partial charge in [-0.25, -0.2) is 0 Å². The number of hydrogen-bond acceptors (Lipinski definition) is 1. The second kappa shape index (κ2) is 6.05. The molecule has 0 fully saturated rings. The monoisotopic (exact) mass is 303 g/mol. The van der Waals surface area contributed by atoms with Gasteiger partial charge in [-0.1, -0.05) is 40.2 Å². The van der Waals surface area contributed by atoms with Crippen LogP contribution in [0.3, 0.4) is 0 Å². The van der Waals surface area contributed by atoms with E-state index in [1.807, 2.05) is 0 Å². The summed E-state index contributed by atoms with van der Waals surface area (Å²) in [5, 5.41) is 3.53. The van der Waals surface area contributed by atoms with Crippen molar-refractivity contribution in [3.05, 3.63) is 64.1 Å². The SMILES string of the molecule is Cc1cccc(NC(C)Cc2ccc(Br)cc2)c1.